The van der Waals surface area contributed by atoms with Gasteiger partial charge < -0.3 is 10.2 Å². The van der Waals surface area contributed by atoms with Crippen LogP contribution in [0.1, 0.15) is 22.3 Å². The van der Waals surface area contributed by atoms with Crippen LogP contribution in [0.2, 0.25) is 0 Å². The molecule has 0 unspecified atom stereocenters. The van der Waals surface area contributed by atoms with E-state index in [1.807, 2.05) is 31.2 Å². The number of hydrogen-bond acceptors (Lipinski definition) is 1. The Hall–Kier alpha value is -2.13. The maximum atomic E-state index is 12.0. The van der Waals surface area contributed by atoms with Gasteiger partial charge in [-0.05, 0) is 18.1 Å². The smallest absolute Gasteiger partial charge is 0.224 e. The fourth-order valence-electron chi connectivity index (χ4n) is 2.34. The molecule has 2 aromatic rings. The van der Waals surface area contributed by atoms with E-state index in [4.69, 9.17) is 0 Å². The third-order valence-electron chi connectivity index (χ3n) is 3.56. The van der Waals surface area contributed by atoms with E-state index in [1.54, 1.807) is 0 Å². The first-order valence-corrected chi connectivity index (χ1v) is 7.72. The highest BCUT2D eigenvalue weighted by molar-refractivity contribution is 5.78. The average Bonchev–Trinajstić information content (AvgIpc) is 2.48. The van der Waals surface area contributed by atoms with Crippen molar-refractivity contribution in [2.24, 2.45) is 0 Å². The lowest BCUT2D eigenvalue weighted by atomic mass is 10.1. The predicted molar refractivity (Wildman–Crippen MR) is 89.7 cm³/mol. The Morgan fingerprint density at radius 1 is 0.909 bits per heavy atom. The minimum Gasteiger partial charge on any atom is -0.352 e. The highest BCUT2D eigenvalue weighted by Crippen LogP contribution is 2.05. The number of rotatable bonds is 6. The molecule has 0 saturated heterocycles. The Bertz CT molecular complexity index is 600. The Kier molecular flexibility index (Phi) is 5.73. The molecule has 0 aliphatic heterocycles. The lowest BCUT2D eigenvalue weighted by molar-refractivity contribution is -0.872. The molecule has 116 valence electrons. The van der Waals surface area contributed by atoms with E-state index in [9.17, 15) is 4.79 Å². The van der Waals surface area contributed by atoms with Gasteiger partial charge in [-0.1, -0.05) is 54.1 Å². The predicted octanol–water partition coefficient (Wildman–Crippen LogP) is 1.50. The number of aryl methyl sites for hydroxylation is 1. The van der Waals surface area contributed by atoms with Crippen molar-refractivity contribution in [2.45, 2.75) is 26.4 Å². The lowest BCUT2D eigenvalue weighted by Crippen LogP contribution is -3.04. The zero-order valence-electron chi connectivity index (χ0n) is 13.6. The number of carbonyl (C=O) groups is 1. The van der Waals surface area contributed by atoms with Crippen molar-refractivity contribution in [1.29, 1.82) is 0 Å². The van der Waals surface area contributed by atoms with Crippen LogP contribution in [0.25, 0.3) is 0 Å². The Labute approximate surface area is 133 Å². The van der Waals surface area contributed by atoms with Gasteiger partial charge in [0.1, 0.15) is 6.54 Å². The molecule has 0 aromatic heterocycles. The fourth-order valence-corrected chi connectivity index (χ4v) is 2.34. The Morgan fingerprint density at radius 2 is 1.45 bits per heavy atom. The molecule has 2 rings (SSSR count). The molecule has 0 spiro atoms. The van der Waals surface area contributed by atoms with Crippen LogP contribution in [0.4, 0.5) is 0 Å². The van der Waals surface area contributed by atoms with Crippen molar-refractivity contribution < 1.29 is 9.69 Å². The topological polar surface area (TPSA) is 33.5 Å². The molecular formula is C19H25N2O+. The third-order valence-corrected chi connectivity index (χ3v) is 3.56. The van der Waals surface area contributed by atoms with Crippen LogP contribution in [-0.4, -0.2) is 20.0 Å². The summed E-state index contributed by atoms with van der Waals surface area (Å²) in [5, 5.41) is 2.98. The van der Waals surface area contributed by atoms with Crippen LogP contribution in [0.3, 0.4) is 0 Å². The second-order valence-corrected chi connectivity index (χ2v) is 6.14. The summed E-state index contributed by atoms with van der Waals surface area (Å²) >= 11 is 0. The van der Waals surface area contributed by atoms with E-state index < -0.39 is 0 Å². The van der Waals surface area contributed by atoms with E-state index in [-0.39, 0.29) is 5.91 Å². The van der Waals surface area contributed by atoms with Gasteiger partial charge in [0.05, 0.1) is 20.5 Å². The van der Waals surface area contributed by atoms with Crippen molar-refractivity contribution in [1.82, 2.24) is 5.32 Å². The summed E-state index contributed by atoms with van der Waals surface area (Å²) in [6, 6.07) is 16.5. The summed E-state index contributed by atoms with van der Waals surface area (Å²) in [5.41, 5.74) is 4.71. The molecule has 0 aliphatic carbocycles. The van der Waals surface area contributed by atoms with Crippen molar-refractivity contribution >= 4 is 5.91 Å². The molecule has 0 aliphatic rings. The Morgan fingerprint density at radius 3 is 2.05 bits per heavy atom. The number of benzene rings is 2. The summed E-state index contributed by atoms with van der Waals surface area (Å²) in [4.78, 5) is 13.4. The second kappa shape index (κ2) is 7.76. The van der Waals surface area contributed by atoms with Gasteiger partial charge in [0.15, 0.2) is 0 Å². The molecule has 3 nitrogen and oxygen atoms in total. The zero-order chi connectivity index (χ0) is 15.9. The zero-order valence-corrected chi connectivity index (χ0v) is 13.6. The van der Waals surface area contributed by atoms with E-state index in [0.717, 1.165) is 17.7 Å². The van der Waals surface area contributed by atoms with Crippen LogP contribution in [0, 0.1) is 6.92 Å². The normalized spacial score (nSPS) is 10.7. The van der Waals surface area contributed by atoms with Gasteiger partial charge >= 0.3 is 0 Å². The molecule has 3 heteroatoms. The van der Waals surface area contributed by atoms with E-state index >= 15 is 0 Å². The Balaban J connectivity index is 1.81. The largest absolute Gasteiger partial charge is 0.352 e. The van der Waals surface area contributed by atoms with E-state index in [2.05, 4.69) is 43.7 Å². The molecule has 2 N–H and O–H groups in total. The molecule has 0 heterocycles. The highest BCUT2D eigenvalue weighted by atomic mass is 16.1. The monoisotopic (exact) mass is 297 g/mol. The second-order valence-electron chi connectivity index (χ2n) is 6.14. The molecule has 0 radical (unpaired) electrons. The van der Waals surface area contributed by atoms with Crippen LogP contribution in [-0.2, 0) is 24.3 Å². The first-order valence-electron chi connectivity index (χ1n) is 7.72. The van der Waals surface area contributed by atoms with Gasteiger partial charge in [0, 0.05) is 12.1 Å². The fraction of sp³-hybridized carbons (Fsp3) is 0.316. The average molecular weight is 297 g/mol. The summed E-state index contributed by atoms with van der Waals surface area (Å²) in [7, 11) is 4.28. The maximum Gasteiger partial charge on any atom is 0.224 e. The standard InChI is InChI=1S/C19H24N2O/c1-15-4-6-16(7-5-15)12-19(22)20-13-17-8-10-18(11-9-17)14-21(2)3/h4-11H,12-14H2,1-3H3,(H,20,22)/p+1. The van der Waals surface area contributed by atoms with E-state index in [1.165, 1.54) is 16.0 Å². The molecule has 2 aromatic carbocycles. The van der Waals surface area contributed by atoms with Gasteiger partial charge in [0.2, 0.25) is 5.91 Å². The van der Waals surface area contributed by atoms with Crippen molar-refractivity contribution in [3.8, 4) is 0 Å². The molecule has 0 atom stereocenters. The van der Waals surface area contributed by atoms with Gasteiger partial charge in [-0.25, -0.2) is 0 Å². The minimum atomic E-state index is 0.0608. The highest BCUT2D eigenvalue weighted by Gasteiger charge is 2.04. The minimum absolute atomic E-state index is 0.0608. The quantitative estimate of drug-likeness (QED) is 0.832. The number of quaternary nitrogens is 1. The first kappa shape index (κ1) is 16.2. The van der Waals surface area contributed by atoms with Crippen LogP contribution < -0.4 is 10.2 Å². The van der Waals surface area contributed by atoms with Crippen LogP contribution >= 0.6 is 0 Å². The van der Waals surface area contributed by atoms with Crippen molar-refractivity contribution in [3.05, 3.63) is 70.8 Å². The molecule has 22 heavy (non-hydrogen) atoms. The van der Waals surface area contributed by atoms with Crippen LogP contribution in [0.5, 0.6) is 0 Å². The first-order chi connectivity index (χ1) is 10.5. The number of carbonyl (C=O) groups excluding carboxylic acids is 1. The van der Waals surface area contributed by atoms with Crippen LogP contribution in [0.15, 0.2) is 48.5 Å². The SMILES string of the molecule is Cc1ccc(CC(=O)NCc2ccc(C[NH+](C)C)cc2)cc1. The lowest BCUT2D eigenvalue weighted by Gasteiger charge is -2.09. The van der Waals surface area contributed by atoms with Gasteiger partial charge in [-0.15, -0.1) is 0 Å². The van der Waals surface area contributed by atoms with Gasteiger partial charge in [0.25, 0.3) is 0 Å². The van der Waals surface area contributed by atoms with Crippen molar-refractivity contribution in [3.63, 3.8) is 0 Å². The molecular weight excluding hydrogens is 272 g/mol. The van der Waals surface area contributed by atoms with E-state index in [0.29, 0.717) is 13.0 Å². The van der Waals surface area contributed by atoms with Gasteiger partial charge in [-0.2, -0.15) is 0 Å². The maximum absolute atomic E-state index is 12.0. The number of amides is 1. The molecule has 0 saturated carbocycles. The summed E-state index contributed by atoms with van der Waals surface area (Å²) in [6.07, 6.45) is 0.433. The number of hydrogen-bond donors (Lipinski definition) is 2. The molecule has 0 bridgehead atoms. The van der Waals surface area contributed by atoms with Crippen molar-refractivity contribution in [2.75, 3.05) is 14.1 Å². The summed E-state index contributed by atoms with van der Waals surface area (Å²) in [5.74, 6) is 0.0608. The van der Waals surface area contributed by atoms with Gasteiger partial charge in [-0.3, -0.25) is 4.79 Å². The molecule has 1 amide bonds. The summed E-state index contributed by atoms with van der Waals surface area (Å²) in [6.45, 7) is 3.64. The third kappa shape index (κ3) is 5.34. The number of nitrogens with one attached hydrogen (secondary N) is 2. The summed E-state index contributed by atoms with van der Waals surface area (Å²) < 4.78 is 0. The molecule has 0 fully saturated rings.